The average Bonchev–Trinajstić information content (AvgIpc) is 3.27. The normalized spacial score (nSPS) is 12.1. The number of aromatic nitrogens is 2. The second-order valence-corrected chi connectivity index (χ2v) is 7.10. The van der Waals surface area contributed by atoms with Crippen LogP contribution in [-0.2, 0) is 11.2 Å². The molecule has 3 aromatic rings. The highest BCUT2D eigenvalue weighted by molar-refractivity contribution is 5.92. The summed E-state index contributed by atoms with van der Waals surface area (Å²) < 4.78 is 5.32. The van der Waals surface area contributed by atoms with E-state index < -0.39 is 4.92 Å². The number of benzene rings is 2. The molecule has 0 saturated heterocycles. The van der Waals surface area contributed by atoms with Crippen molar-refractivity contribution < 1.29 is 14.2 Å². The minimum absolute atomic E-state index is 0.00117. The summed E-state index contributed by atoms with van der Waals surface area (Å²) in [7, 11) is 0. The van der Waals surface area contributed by atoms with E-state index in [0.29, 0.717) is 30.2 Å². The lowest BCUT2D eigenvalue weighted by Crippen LogP contribution is -2.38. The molecule has 0 spiro atoms. The van der Waals surface area contributed by atoms with E-state index >= 15 is 0 Å². The molecule has 1 aromatic heterocycles. The number of nitrogens with zero attached hydrogens (tertiary/aromatic N) is 4. The molecular formula is C23H24N4O4. The van der Waals surface area contributed by atoms with Gasteiger partial charge in [0.15, 0.2) is 0 Å². The number of amides is 1. The molecule has 0 aliphatic carbocycles. The molecule has 160 valence electrons. The minimum atomic E-state index is -0.460. The van der Waals surface area contributed by atoms with Crippen molar-refractivity contribution in [3.63, 3.8) is 0 Å². The quantitative estimate of drug-likeness (QED) is 0.286. The van der Waals surface area contributed by atoms with E-state index in [9.17, 15) is 14.9 Å². The van der Waals surface area contributed by atoms with Crippen LogP contribution in [0.2, 0.25) is 0 Å². The maximum absolute atomic E-state index is 12.8. The molecule has 0 aliphatic heterocycles. The van der Waals surface area contributed by atoms with Gasteiger partial charge in [-0.3, -0.25) is 14.9 Å². The summed E-state index contributed by atoms with van der Waals surface area (Å²) in [4.78, 5) is 29.2. The standard InChI is InChI=1S/C23H24N4O4/c1-3-17(2)26(22(28)14-9-18-7-5-4-6-8-18)16-15-21-24-23(25-31-21)19-10-12-20(13-11-19)27(29)30/h4-14,17H,3,15-16H2,1-2H3/b14-9+/t17-/m0/s1. The first-order valence-corrected chi connectivity index (χ1v) is 10.1. The Balaban J connectivity index is 1.66. The summed E-state index contributed by atoms with van der Waals surface area (Å²) in [5, 5.41) is 14.7. The molecular weight excluding hydrogens is 396 g/mol. The zero-order valence-corrected chi connectivity index (χ0v) is 17.5. The summed E-state index contributed by atoms with van der Waals surface area (Å²) in [5.41, 5.74) is 1.59. The molecule has 1 heterocycles. The van der Waals surface area contributed by atoms with Gasteiger partial charge in [0.05, 0.1) is 4.92 Å². The van der Waals surface area contributed by atoms with Crippen molar-refractivity contribution in [3.8, 4) is 11.4 Å². The first-order valence-electron chi connectivity index (χ1n) is 10.1. The van der Waals surface area contributed by atoms with Gasteiger partial charge in [-0.1, -0.05) is 42.4 Å². The summed E-state index contributed by atoms with van der Waals surface area (Å²) in [5.74, 6) is 0.685. The van der Waals surface area contributed by atoms with E-state index in [1.807, 2.05) is 44.2 Å². The Bertz CT molecular complexity index is 1040. The van der Waals surface area contributed by atoms with Crippen molar-refractivity contribution in [2.75, 3.05) is 6.54 Å². The fourth-order valence-electron chi connectivity index (χ4n) is 3.02. The van der Waals surface area contributed by atoms with Gasteiger partial charge in [0.1, 0.15) is 0 Å². The summed E-state index contributed by atoms with van der Waals surface area (Å²) in [6, 6.07) is 15.7. The second kappa shape index (κ2) is 10.3. The maximum Gasteiger partial charge on any atom is 0.269 e. The molecule has 3 rings (SSSR count). The molecule has 8 heteroatoms. The fourth-order valence-corrected chi connectivity index (χ4v) is 3.02. The molecule has 0 radical (unpaired) electrons. The van der Waals surface area contributed by atoms with Crippen molar-refractivity contribution >= 4 is 17.7 Å². The SMILES string of the molecule is CC[C@H](C)N(CCc1nc(-c2ccc([N+](=O)[O-])cc2)no1)C(=O)/C=C/c1ccccc1. The number of hydrogen-bond acceptors (Lipinski definition) is 6. The summed E-state index contributed by atoms with van der Waals surface area (Å²) >= 11 is 0. The lowest BCUT2D eigenvalue weighted by atomic mass is 10.1. The number of rotatable bonds is 9. The van der Waals surface area contributed by atoms with Crippen molar-refractivity contribution in [1.82, 2.24) is 15.0 Å². The van der Waals surface area contributed by atoms with E-state index in [1.165, 1.54) is 12.1 Å². The predicted molar refractivity (Wildman–Crippen MR) is 117 cm³/mol. The largest absolute Gasteiger partial charge is 0.339 e. The predicted octanol–water partition coefficient (Wildman–Crippen LogP) is 4.53. The van der Waals surface area contributed by atoms with E-state index in [1.54, 1.807) is 29.2 Å². The Kier molecular flexibility index (Phi) is 7.26. The molecule has 1 amide bonds. The van der Waals surface area contributed by atoms with Crippen molar-refractivity contribution in [2.45, 2.75) is 32.7 Å². The fraction of sp³-hybridized carbons (Fsp3) is 0.261. The van der Waals surface area contributed by atoms with Crippen LogP contribution < -0.4 is 0 Å². The van der Waals surface area contributed by atoms with Crippen molar-refractivity contribution in [2.24, 2.45) is 0 Å². The van der Waals surface area contributed by atoms with Gasteiger partial charge in [0.25, 0.3) is 5.69 Å². The van der Waals surface area contributed by atoms with Crippen LogP contribution in [-0.4, -0.2) is 38.5 Å². The first kappa shape index (κ1) is 21.9. The molecule has 1 atom stereocenters. The van der Waals surface area contributed by atoms with Crippen LogP contribution in [0.5, 0.6) is 0 Å². The Morgan fingerprint density at radius 1 is 1.19 bits per heavy atom. The Morgan fingerprint density at radius 2 is 1.90 bits per heavy atom. The van der Waals surface area contributed by atoms with Gasteiger partial charge < -0.3 is 9.42 Å². The van der Waals surface area contributed by atoms with Gasteiger partial charge in [-0.2, -0.15) is 4.98 Å². The Labute approximate surface area is 180 Å². The zero-order valence-electron chi connectivity index (χ0n) is 17.5. The second-order valence-electron chi connectivity index (χ2n) is 7.10. The van der Waals surface area contributed by atoms with E-state index in [2.05, 4.69) is 10.1 Å². The molecule has 31 heavy (non-hydrogen) atoms. The van der Waals surface area contributed by atoms with E-state index in [0.717, 1.165) is 12.0 Å². The number of carbonyl (C=O) groups excluding carboxylic acids is 1. The van der Waals surface area contributed by atoms with Gasteiger partial charge >= 0.3 is 0 Å². The first-order chi connectivity index (χ1) is 15.0. The third kappa shape index (κ3) is 5.85. The molecule has 0 saturated carbocycles. The third-order valence-electron chi connectivity index (χ3n) is 4.99. The van der Waals surface area contributed by atoms with Gasteiger partial charge in [-0.25, -0.2) is 0 Å². The van der Waals surface area contributed by atoms with E-state index in [4.69, 9.17) is 4.52 Å². The van der Waals surface area contributed by atoms with Gasteiger partial charge in [0.2, 0.25) is 17.6 Å². The van der Waals surface area contributed by atoms with Gasteiger partial charge in [0, 0.05) is 42.8 Å². The van der Waals surface area contributed by atoms with Crippen LogP contribution >= 0.6 is 0 Å². The molecule has 2 aromatic carbocycles. The van der Waals surface area contributed by atoms with Crippen LogP contribution in [0.3, 0.4) is 0 Å². The Hall–Kier alpha value is -3.81. The number of carbonyl (C=O) groups is 1. The lowest BCUT2D eigenvalue weighted by Gasteiger charge is -2.27. The van der Waals surface area contributed by atoms with Crippen LogP contribution in [0.4, 0.5) is 5.69 Å². The maximum atomic E-state index is 12.8. The molecule has 0 bridgehead atoms. The lowest BCUT2D eigenvalue weighted by molar-refractivity contribution is -0.384. The van der Waals surface area contributed by atoms with Gasteiger partial charge in [-0.15, -0.1) is 0 Å². The van der Waals surface area contributed by atoms with Gasteiger partial charge in [-0.05, 0) is 37.1 Å². The smallest absolute Gasteiger partial charge is 0.269 e. The molecule has 0 N–H and O–H groups in total. The highest BCUT2D eigenvalue weighted by Crippen LogP contribution is 2.20. The highest BCUT2D eigenvalue weighted by atomic mass is 16.6. The van der Waals surface area contributed by atoms with E-state index in [-0.39, 0.29) is 17.6 Å². The number of hydrogen-bond donors (Lipinski definition) is 0. The number of non-ortho nitro benzene ring substituents is 1. The molecule has 0 fully saturated rings. The average molecular weight is 420 g/mol. The molecule has 0 unspecified atom stereocenters. The third-order valence-corrected chi connectivity index (χ3v) is 4.99. The minimum Gasteiger partial charge on any atom is -0.339 e. The number of nitro groups is 1. The van der Waals surface area contributed by atoms with Crippen molar-refractivity contribution in [1.29, 1.82) is 0 Å². The van der Waals surface area contributed by atoms with Crippen LogP contribution in [0.1, 0.15) is 31.7 Å². The Morgan fingerprint density at radius 3 is 2.55 bits per heavy atom. The van der Waals surface area contributed by atoms with Crippen LogP contribution in [0, 0.1) is 10.1 Å². The van der Waals surface area contributed by atoms with Crippen LogP contribution in [0.15, 0.2) is 65.2 Å². The topological polar surface area (TPSA) is 102 Å². The summed E-state index contributed by atoms with van der Waals surface area (Å²) in [6.45, 7) is 4.48. The zero-order chi connectivity index (χ0) is 22.2. The monoisotopic (exact) mass is 420 g/mol. The van der Waals surface area contributed by atoms with Crippen molar-refractivity contribution in [3.05, 3.63) is 82.2 Å². The van der Waals surface area contributed by atoms with Crippen LogP contribution in [0.25, 0.3) is 17.5 Å². The molecule has 0 aliphatic rings. The summed E-state index contributed by atoms with van der Waals surface area (Å²) in [6.07, 6.45) is 4.62. The number of nitro benzene ring substituents is 1. The molecule has 8 nitrogen and oxygen atoms in total. The highest BCUT2D eigenvalue weighted by Gasteiger charge is 2.18.